The quantitative estimate of drug-likeness (QED) is 0.737. The summed E-state index contributed by atoms with van der Waals surface area (Å²) in [6.45, 7) is 4.62. The van der Waals surface area contributed by atoms with Crippen LogP contribution in [0.3, 0.4) is 0 Å². The van der Waals surface area contributed by atoms with Crippen molar-refractivity contribution in [2.75, 3.05) is 19.6 Å². The molecule has 0 radical (unpaired) electrons. The van der Waals surface area contributed by atoms with Crippen LogP contribution in [-0.2, 0) is 11.2 Å². The van der Waals surface area contributed by atoms with Gasteiger partial charge in [-0.15, -0.1) is 6.58 Å². The number of benzene rings is 2. The highest BCUT2D eigenvalue weighted by Gasteiger charge is 2.15. The molecular weight excluding hydrogens is 336 g/mol. The molecule has 2 amide bonds. The van der Waals surface area contributed by atoms with Gasteiger partial charge in [-0.1, -0.05) is 60.1 Å². The molecular formula is C20H21ClN2O2. The van der Waals surface area contributed by atoms with Crippen molar-refractivity contribution < 1.29 is 9.59 Å². The van der Waals surface area contributed by atoms with Crippen LogP contribution in [0.15, 0.2) is 67.3 Å². The van der Waals surface area contributed by atoms with E-state index in [0.717, 1.165) is 12.0 Å². The zero-order chi connectivity index (χ0) is 18.1. The summed E-state index contributed by atoms with van der Waals surface area (Å²) in [5, 5.41) is 2.99. The van der Waals surface area contributed by atoms with Gasteiger partial charge in [-0.3, -0.25) is 9.59 Å². The molecule has 0 fully saturated rings. The zero-order valence-corrected chi connectivity index (χ0v) is 14.7. The highest BCUT2D eigenvalue weighted by Crippen LogP contribution is 2.14. The van der Waals surface area contributed by atoms with E-state index < -0.39 is 0 Å². The van der Waals surface area contributed by atoms with Gasteiger partial charge >= 0.3 is 0 Å². The first-order chi connectivity index (χ1) is 12.1. The largest absolute Gasteiger partial charge is 0.343 e. The molecule has 0 saturated carbocycles. The molecule has 0 aliphatic carbocycles. The van der Waals surface area contributed by atoms with Crippen molar-refractivity contribution in [2.24, 2.45) is 0 Å². The second kappa shape index (κ2) is 9.64. The average molecular weight is 357 g/mol. The lowest BCUT2D eigenvalue weighted by Crippen LogP contribution is -2.41. The van der Waals surface area contributed by atoms with Crippen LogP contribution in [0.5, 0.6) is 0 Å². The molecule has 0 saturated heterocycles. The van der Waals surface area contributed by atoms with Crippen LogP contribution in [0.4, 0.5) is 0 Å². The molecule has 0 aliphatic rings. The molecule has 2 rings (SSSR count). The number of carbonyl (C=O) groups excluding carboxylic acids is 2. The number of amides is 2. The fourth-order valence-electron chi connectivity index (χ4n) is 2.39. The fraction of sp³-hybridized carbons (Fsp3) is 0.200. The summed E-state index contributed by atoms with van der Waals surface area (Å²) in [7, 11) is 0. The number of halogens is 1. The topological polar surface area (TPSA) is 49.4 Å². The van der Waals surface area contributed by atoms with Crippen molar-refractivity contribution in [3.63, 3.8) is 0 Å². The second-order valence-electron chi connectivity index (χ2n) is 5.53. The van der Waals surface area contributed by atoms with Crippen molar-refractivity contribution in [1.82, 2.24) is 10.2 Å². The van der Waals surface area contributed by atoms with Crippen LogP contribution in [-0.4, -0.2) is 36.3 Å². The Bertz CT molecular complexity index is 731. The second-order valence-corrected chi connectivity index (χ2v) is 5.93. The first-order valence-electron chi connectivity index (χ1n) is 8.07. The lowest BCUT2D eigenvalue weighted by atomic mass is 10.1. The van der Waals surface area contributed by atoms with Gasteiger partial charge in [0.15, 0.2) is 0 Å². The SMILES string of the molecule is C=CCN(CCc1ccccc1)C(=O)CNC(=O)c1ccccc1Cl. The summed E-state index contributed by atoms with van der Waals surface area (Å²) in [6.07, 6.45) is 2.43. The third-order valence-corrected chi connectivity index (χ3v) is 4.06. The van der Waals surface area contributed by atoms with Crippen molar-refractivity contribution in [1.29, 1.82) is 0 Å². The van der Waals surface area contributed by atoms with Gasteiger partial charge in [-0.25, -0.2) is 0 Å². The van der Waals surface area contributed by atoms with Gasteiger partial charge in [0.05, 0.1) is 17.1 Å². The molecule has 25 heavy (non-hydrogen) atoms. The maximum Gasteiger partial charge on any atom is 0.253 e. The Labute approximate surface area is 153 Å². The van der Waals surface area contributed by atoms with Crippen molar-refractivity contribution in [2.45, 2.75) is 6.42 Å². The maximum absolute atomic E-state index is 12.4. The van der Waals surface area contributed by atoms with Crippen LogP contribution in [0.2, 0.25) is 5.02 Å². The summed E-state index contributed by atoms with van der Waals surface area (Å²) in [6, 6.07) is 16.7. The van der Waals surface area contributed by atoms with Crippen LogP contribution < -0.4 is 5.32 Å². The van der Waals surface area contributed by atoms with Gasteiger partial charge < -0.3 is 10.2 Å². The predicted octanol–water partition coefficient (Wildman–Crippen LogP) is 3.33. The summed E-state index contributed by atoms with van der Waals surface area (Å²) in [4.78, 5) is 26.2. The molecule has 4 nitrogen and oxygen atoms in total. The Balaban J connectivity index is 1.90. The molecule has 0 aromatic heterocycles. The summed E-state index contributed by atoms with van der Waals surface area (Å²) in [5.41, 5.74) is 1.51. The fourth-order valence-corrected chi connectivity index (χ4v) is 2.61. The summed E-state index contributed by atoms with van der Waals surface area (Å²) < 4.78 is 0. The number of nitrogens with one attached hydrogen (secondary N) is 1. The predicted molar refractivity (Wildman–Crippen MR) is 101 cm³/mol. The van der Waals surface area contributed by atoms with E-state index >= 15 is 0 Å². The zero-order valence-electron chi connectivity index (χ0n) is 14.0. The van der Waals surface area contributed by atoms with Crippen molar-refractivity contribution in [3.05, 3.63) is 83.4 Å². The van der Waals surface area contributed by atoms with E-state index in [1.165, 1.54) is 0 Å². The Hall–Kier alpha value is -2.59. The molecule has 2 aromatic carbocycles. The third-order valence-electron chi connectivity index (χ3n) is 3.73. The van der Waals surface area contributed by atoms with E-state index in [4.69, 9.17) is 11.6 Å². The smallest absolute Gasteiger partial charge is 0.253 e. The van der Waals surface area contributed by atoms with Gasteiger partial charge in [0.1, 0.15) is 0 Å². The molecule has 0 heterocycles. The van der Waals surface area contributed by atoms with Crippen molar-refractivity contribution >= 4 is 23.4 Å². The molecule has 0 spiro atoms. The van der Waals surface area contributed by atoms with Crippen LogP contribution in [0.1, 0.15) is 15.9 Å². The Morgan fingerprint density at radius 2 is 1.76 bits per heavy atom. The van der Waals surface area contributed by atoms with Gasteiger partial charge in [-0.05, 0) is 24.1 Å². The highest BCUT2D eigenvalue weighted by molar-refractivity contribution is 6.33. The van der Waals surface area contributed by atoms with E-state index in [1.807, 2.05) is 30.3 Å². The molecule has 0 unspecified atom stereocenters. The molecule has 5 heteroatoms. The number of hydrogen-bond acceptors (Lipinski definition) is 2. The molecule has 0 aliphatic heterocycles. The normalized spacial score (nSPS) is 10.1. The minimum atomic E-state index is -0.361. The van der Waals surface area contributed by atoms with Gasteiger partial charge in [0.2, 0.25) is 5.91 Å². The van der Waals surface area contributed by atoms with Crippen LogP contribution >= 0.6 is 11.6 Å². The van der Waals surface area contributed by atoms with E-state index in [-0.39, 0.29) is 18.4 Å². The lowest BCUT2D eigenvalue weighted by Gasteiger charge is -2.21. The molecule has 130 valence electrons. The minimum Gasteiger partial charge on any atom is -0.343 e. The Kier molecular flexibility index (Phi) is 7.23. The van der Waals surface area contributed by atoms with Gasteiger partial charge in [-0.2, -0.15) is 0 Å². The first-order valence-corrected chi connectivity index (χ1v) is 8.45. The van der Waals surface area contributed by atoms with Gasteiger partial charge in [0, 0.05) is 13.1 Å². The number of carbonyl (C=O) groups is 2. The standard InChI is InChI=1S/C20H21ClN2O2/c1-2-13-23(14-12-16-8-4-3-5-9-16)19(24)15-22-20(25)17-10-6-7-11-18(17)21/h2-11H,1,12-15H2,(H,22,25). The van der Waals surface area contributed by atoms with Crippen molar-refractivity contribution in [3.8, 4) is 0 Å². The monoisotopic (exact) mass is 356 g/mol. The summed E-state index contributed by atoms with van der Waals surface area (Å²) in [5.74, 6) is -0.517. The molecule has 1 N–H and O–H groups in total. The van der Waals surface area contributed by atoms with E-state index in [0.29, 0.717) is 23.7 Å². The first kappa shape index (κ1) is 18.7. The molecule has 2 aromatic rings. The van der Waals surface area contributed by atoms with E-state index in [1.54, 1.807) is 35.2 Å². The highest BCUT2D eigenvalue weighted by atomic mass is 35.5. The minimum absolute atomic E-state index is 0.0767. The van der Waals surface area contributed by atoms with Crippen LogP contribution in [0, 0.1) is 0 Å². The molecule has 0 atom stereocenters. The van der Waals surface area contributed by atoms with E-state index in [2.05, 4.69) is 11.9 Å². The molecule has 0 bridgehead atoms. The third kappa shape index (κ3) is 5.76. The average Bonchev–Trinajstić information content (AvgIpc) is 2.64. The number of hydrogen-bond donors (Lipinski definition) is 1. The van der Waals surface area contributed by atoms with E-state index in [9.17, 15) is 9.59 Å². The Morgan fingerprint density at radius 3 is 2.44 bits per heavy atom. The number of rotatable bonds is 8. The summed E-state index contributed by atoms with van der Waals surface area (Å²) >= 11 is 5.99. The maximum atomic E-state index is 12.4. The Morgan fingerprint density at radius 1 is 1.08 bits per heavy atom. The lowest BCUT2D eigenvalue weighted by molar-refractivity contribution is -0.129. The number of nitrogens with zero attached hydrogens (tertiary/aromatic N) is 1. The van der Waals surface area contributed by atoms with Crippen LogP contribution in [0.25, 0.3) is 0 Å². The van der Waals surface area contributed by atoms with Gasteiger partial charge in [0.25, 0.3) is 5.91 Å².